The quantitative estimate of drug-likeness (QED) is 0.412. The molecule has 0 aliphatic rings. The van der Waals surface area contributed by atoms with Gasteiger partial charge in [0.15, 0.2) is 5.16 Å². The van der Waals surface area contributed by atoms with Crippen molar-refractivity contribution in [2.45, 2.75) is 32.0 Å². The Morgan fingerprint density at radius 2 is 1.77 bits per heavy atom. The first kappa shape index (κ1) is 21.1. The molecule has 0 radical (unpaired) electrons. The number of amides is 1. The highest BCUT2D eigenvalue weighted by Crippen LogP contribution is 2.23. The molecule has 0 saturated carbocycles. The molecule has 160 valence electrons. The number of hydrogen-bond donors (Lipinski definition) is 0. The van der Waals surface area contributed by atoms with Crippen LogP contribution in [0.1, 0.15) is 20.3 Å². The number of thioether (sulfide) groups is 1. The molecular formula is C23H25N5O2S. The number of para-hydroxylation sites is 2. The first-order valence-corrected chi connectivity index (χ1v) is 11.3. The Morgan fingerprint density at radius 1 is 1.06 bits per heavy atom. The van der Waals surface area contributed by atoms with Crippen LogP contribution in [0.2, 0.25) is 0 Å². The van der Waals surface area contributed by atoms with Crippen molar-refractivity contribution in [1.82, 2.24) is 19.2 Å². The Morgan fingerprint density at radius 3 is 2.52 bits per heavy atom. The van der Waals surface area contributed by atoms with Crippen molar-refractivity contribution in [3.05, 3.63) is 65.0 Å². The van der Waals surface area contributed by atoms with E-state index < -0.39 is 0 Å². The summed E-state index contributed by atoms with van der Waals surface area (Å²) in [5, 5.41) is 9.86. The molecule has 4 rings (SSSR count). The summed E-state index contributed by atoms with van der Waals surface area (Å²) in [4.78, 5) is 27.5. The van der Waals surface area contributed by atoms with Gasteiger partial charge in [0.2, 0.25) is 11.7 Å². The first-order valence-electron chi connectivity index (χ1n) is 10.3. The number of nitrogens with zero attached hydrogens (tertiary/aromatic N) is 5. The van der Waals surface area contributed by atoms with Crippen molar-refractivity contribution in [3.63, 3.8) is 0 Å². The third-order valence-corrected chi connectivity index (χ3v) is 6.16. The summed E-state index contributed by atoms with van der Waals surface area (Å²) < 4.78 is 3.58. The SMILES string of the molecule is CC(C)CCn1c(=O)c2ccccc2n2c(SCC(=O)N(C)c3ccccc3)nnc12. The molecule has 0 fully saturated rings. The molecule has 0 N–H and O–H groups in total. The van der Waals surface area contributed by atoms with Crippen LogP contribution >= 0.6 is 11.8 Å². The van der Waals surface area contributed by atoms with Crippen LogP contribution in [0.15, 0.2) is 64.5 Å². The van der Waals surface area contributed by atoms with Gasteiger partial charge in [-0.2, -0.15) is 0 Å². The van der Waals surface area contributed by atoms with Crippen molar-refractivity contribution >= 4 is 40.0 Å². The summed E-state index contributed by atoms with van der Waals surface area (Å²) >= 11 is 1.32. The highest BCUT2D eigenvalue weighted by Gasteiger charge is 2.19. The van der Waals surface area contributed by atoms with E-state index in [4.69, 9.17) is 0 Å². The summed E-state index contributed by atoms with van der Waals surface area (Å²) in [5.74, 6) is 1.15. The van der Waals surface area contributed by atoms with Gasteiger partial charge >= 0.3 is 0 Å². The van der Waals surface area contributed by atoms with Crippen LogP contribution in [0.3, 0.4) is 0 Å². The maximum absolute atomic E-state index is 13.1. The lowest BCUT2D eigenvalue weighted by Gasteiger charge is -2.16. The summed E-state index contributed by atoms with van der Waals surface area (Å²) in [6.45, 7) is 4.83. The fraction of sp³-hybridized carbons (Fsp3) is 0.304. The monoisotopic (exact) mass is 435 g/mol. The van der Waals surface area contributed by atoms with Crippen LogP contribution in [0.25, 0.3) is 16.7 Å². The molecule has 31 heavy (non-hydrogen) atoms. The van der Waals surface area contributed by atoms with Crippen LogP contribution < -0.4 is 10.5 Å². The molecule has 0 spiro atoms. The Labute approximate surface area is 184 Å². The number of benzene rings is 2. The lowest BCUT2D eigenvalue weighted by Crippen LogP contribution is -2.28. The highest BCUT2D eigenvalue weighted by atomic mass is 32.2. The maximum Gasteiger partial charge on any atom is 0.262 e. The topological polar surface area (TPSA) is 72.5 Å². The summed E-state index contributed by atoms with van der Waals surface area (Å²) in [6, 6.07) is 17.0. The van der Waals surface area contributed by atoms with E-state index in [-0.39, 0.29) is 17.2 Å². The van der Waals surface area contributed by atoms with Crippen LogP contribution in [0.4, 0.5) is 5.69 Å². The average Bonchev–Trinajstić information content (AvgIpc) is 3.21. The predicted octanol–water partition coefficient (Wildman–Crippen LogP) is 3.85. The van der Waals surface area contributed by atoms with Crippen molar-refractivity contribution in [2.75, 3.05) is 17.7 Å². The third-order valence-electron chi connectivity index (χ3n) is 5.25. The van der Waals surface area contributed by atoms with Crippen molar-refractivity contribution in [3.8, 4) is 0 Å². The minimum Gasteiger partial charge on any atom is -0.315 e. The number of hydrogen-bond acceptors (Lipinski definition) is 5. The number of anilines is 1. The normalized spacial score (nSPS) is 11.5. The standard InChI is InChI=1S/C23H25N5O2S/c1-16(2)13-14-27-21(30)18-11-7-8-12-19(18)28-22(27)24-25-23(28)31-15-20(29)26(3)17-9-5-4-6-10-17/h4-12,16H,13-15H2,1-3H3. The number of carbonyl (C=O) groups is 1. The van der Waals surface area contributed by atoms with Gasteiger partial charge in [0.25, 0.3) is 5.56 Å². The molecule has 0 bridgehead atoms. The molecule has 7 nitrogen and oxygen atoms in total. The van der Waals surface area contributed by atoms with E-state index in [0.29, 0.717) is 28.8 Å². The van der Waals surface area contributed by atoms with E-state index in [1.54, 1.807) is 16.5 Å². The van der Waals surface area contributed by atoms with Gasteiger partial charge in [0.1, 0.15) is 0 Å². The molecular weight excluding hydrogens is 410 g/mol. The Kier molecular flexibility index (Phi) is 6.08. The predicted molar refractivity (Wildman–Crippen MR) is 125 cm³/mol. The zero-order chi connectivity index (χ0) is 22.0. The maximum atomic E-state index is 13.1. The number of aromatic nitrogens is 4. The molecule has 0 saturated heterocycles. The second-order valence-corrected chi connectivity index (χ2v) is 8.79. The van der Waals surface area contributed by atoms with Gasteiger partial charge in [0, 0.05) is 19.3 Å². The fourth-order valence-corrected chi connectivity index (χ4v) is 4.29. The number of rotatable bonds is 7. The molecule has 0 atom stereocenters. The molecule has 8 heteroatoms. The molecule has 2 heterocycles. The summed E-state index contributed by atoms with van der Waals surface area (Å²) in [6.07, 6.45) is 0.865. The molecule has 0 aliphatic carbocycles. The first-order chi connectivity index (χ1) is 15.0. The molecule has 0 unspecified atom stereocenters. The smallest absolute Gasteiger partial charge is 0.262 e. The van der Waals surface area contributed by atoms with Crippen molar-refractivity contribution < 1.29 is 4.79 Å². The number of aryl methyl sites for hydroxylation is 1. The summed E-state index contributed by atoms with van der Waals surface area (Å²) in [5.41, 5.74) is 1.53. The zero-order valence-electron chi connectivity index (χ0n) is 17.9. The average molecular weight is 436 g/mol. The lowest BCUT2D eigenvalue weighted by atomic mass is 10.1. The van der Waals surface area contributed by atoms with Crippen LogP contribution in [0, 0.1) is 5.92 Å². The van der Waals surface area contributed by atoms with E-state index in [9.17, 15) is 9.59 Å². The van der Waals surface area contributed by atoms with E-state index in [1.807, 2.05) is 59.0 Å². The number of fused-ring (bicyclic) bond motifs is 3. The number of carbonyl (C=O) groups excluding carboxylic acids is 1. The molecule has 2 aromatic carbocycles. The van der Waals surface area contributed by atoms with Gasteiger partial charge in [0.05, 0.1) is 16.7 Å². The van der Waals surface area contributed by atoms with Gasteiger partial charge in [-0.3, -0.25) is 18.6 Å². The van der Waals surface area contributed by atoms with E-state index >= 15 is 0 Å². The Balaban J connectivity index is 1.69. The van der Waals surface area contributed by atoms with Crippen LogP contribution in [-0.2, 0) is 11.3 Å². The second-order valence-electron chi connectivity index (χ2n) is 7.85. The van der Waals surface area contributed by atoms with Crippen molar-refractivity contribution in [1.29, 1.82) is 0 Å². The minimum atomic E-state index is -0.0624. The Bertz CT molecular complexity index is 1280. The van der Waals surface area contributed by atoms with Gasteiger partial charge in [-0.15, -0.1) is 10.2 Å². The van der Waals surface area contributed by atoms with Gasteiger partial charge < -0.3 is 4.90 Å². The summed E-state index contributed by atoms with van der Waals surface area (Å²) in [7, 11) is 1.76. The largest absolute Gasteiger partial charge is 0.315 e. The fourth-order valence-electron chi connectivity index (χ4n) is 3.43. The molecule has 1 amide bonds. The molecule has 0 aliphatic heterocycles. The van der Waals surface area contributed by atoms with Crippen LogP contribution in [0.5, 0.6) is 0 Å². The zero-order valence-corrected chi connectivity index (χ0v) is 18.7. The van der Waals surface area contributed by atoms with Crippen LogP contribution in [-0.4, -0.2) is 37.9 Å². The Hall–Kier alpha value is -3.13. The lowest BCUT2D eigenvalue weighted by molar-refractivity contribution is -0.115. The molecule has 4 aromatic rings. The highest BCUT2D eigenvalue weighted by molar-refractivity contribution is 7.99. The van der Waals surface area contributed by atoms with E-state index in [2.05, 4.69) is 24.0 Å². The third kappa shape index (κ3) is 4.20. The van der Waals surface area contributed by atoms with Gasteiger partial charge in [-0.1, -0.05) is 55.9 Å². The van der Waals surface area contributed by atoms with Crippen molar-refractivity contribution in [2.24, 2.45) is 5.92 Å². The minimum absolute atomic E-state index is 0.0367. The van der Waals surface area contributed by atoms with E-state index in [1.165, 1.54) is 11.8 Å². The van der Waals surface area contributed by atoms with Gasteiger partial charge in [-0.25, -0.2) is 0 Å². The second kappa shape index (κ2) is 8.93. The van der Waals surface area contributed by atoms with E-state index in [0.717, 1.165) is 17.6 Å². The van der Waals surface area contributed by atoms with Gasteiger partial charge in [-0.05, 0) is 36.6 Å². The molecule has 2 aromatic heterocycles.